The number of carbonyl (C=O) groups excluding carboxylic acids is 4. The third-order valence-electron chi connectivity index (χ3n) is 3.09. The first-order valence-electron chi connectivity index (χ1n) is 6.32. The van der Waals surface area contributed by atoms with Crippen molar-refractivity contribution < 1.29 is 29.0 Å². The predicted molar refractivity (Wildman–Crippen MR) is 74.8 cm³/mol. The molecule has 112 valence electrons. The van der Waals surface area contributed by atoms with Crippen LogP contribution >= 0.6 is 0 Å². The van der Waals surface area contributed by atoms with Crippen molar-refractivity contribution in [3.05, 3.63) is 58.7 Å². The molecule has 0 bridgehead atoms. The van der Waals surface area contributed by atoms with E-state index in [4.69, 9.17) is 0 Å². The highest BCUT2D eigenvalue weighted by Crippen LogP contribution is 2.28. The van der Waals surface area contributed by atoms with Gasteiger partial charge >= 0.3 is 11.9 Å². The highest BCUT2D eigenvalue weighted by atomic mass is 17.2. The van der Waals surface area contributed by atoms with Gasteiger partial charge in [-0.2, -0.15) is 0 Å². The Morgan fingerprint density at radius 2 is 1.36 bits per heavy atom. The van der Waals surface area contributed by atoms with E-state index in [1.165, 1.54) is 26.0 Å². The van der Waals surface area contributed by atoms with Gasteiger partial charge in [-0.15, -0.1) is 0 Å². The molecule has 0 heterocycles. The van der Waals surface area contributed by atoms with Crippen LogP contribution in [0.5, 0.6) is 0 Å². The van der Waals surface area contributed by atoms with Gasteiger partial charge in [-0.25, -0.2) is 19.4 Å². The average molecular weight is 300 g/mol. The van der Waals surface area contributed by atoms with Gasteiger partial charge < -0.3 is 0 Å². The Morgan fingerprint density at radius 3 is 1.82 bits per heavy atom. The maximum Gasteiger partial charge on any atom is 0.382 e. The van der Waals surface area contributed by atoms with Crippen LogP contribution in [0, 0.1) is 0 Å². The lowest BCUT2D eigenvalue weighted by Crippen LogP contribution is -2.16. The Morgan fingerprint density at radius 1 is 0.909 bits per heavy atom. The first-order valence-corrected chi connectivity index (χ1v) is 6.32. The molecule has 0 spiro atoms. The second-order valence-electron chi connectivity index (χ2n) is 4.73. The van der Waals surface area contributed by atoms with Gasteiger partial charge in [-0.05, 0) is 13.8 Å². The van der Waals surface area contributed by atoms with Gasteiger partial charge in [0.25, 0.3) is 0 Å². The number of Topliss-reactive ketones (excluding diaryl/α,β-unsaturated/α-hetero) is 2. The summed E-state index contributed by atoms with van der Waals surface area (Å²) in [6.07, 6.45) is 0. The monoisotopic (exact) mass is 300 g/mol. The molecule has 1 aromatic rings. The Bertz CT molecular complexity index is 717. The molecule has 6 heteroatoms. The smallest absolute Gasteiger partial charge is 0.288 e. The largest absolute Gasteiger partial charge is 0.382 e. The highest BCUT2D eigenvalue weighted by molar-refractivity contribution is 6.41. The van der Waals surface area contributed by atoms with E-state index in [1.54, 1.807) is 12.1 Å². The van der Waals surface area contributed by atoms with Gasteiger partial charge in [0.2, 0.25) is 0 Å². The number of benzene rings is 1. The second kappa shape index (κ2) is 5.77. The lowest BCUT2D eigenvalue weighted by molar-refractivity contribution is -0.252. The zero-order valence-electron chi connectivity index (χ0n) is 12.0. The molecule has 1 aliphatic rings. The Kier molecular flexibility index (Phi) is 4.03. The Balaban J connectivity index is 2.26. The van der Waals surface area contributed by atoms with Crippen molar-refractivity contribution in [1.29, 1.82) is 0 Å². The normalized spacial score (nSPS) is 12.7. The molecule has 0 amide bonds. The minimum Gasteiger partial charge on any atom is -0.288 e. The number of rotatable bonds is 2. The number of carbonyl (C=O) groups is 4. The summed E-state index contributed by atoms with van der Waals surface area (Å²) in [4.78, 5) is 55.9. The van der Waals surface area contributed by atoms with Crippen molar-refractivity contribution in [2.75, 3.05) is 0 Å². The van der Waals surface area contributed by atoms with Crippen molar-refractivity contribution in [3.63, 3.8) is 0 Å². The van der Waals surface area contributed by atoms with Crippen molar-refractivity contribution in [1.82, 2.24) is 0 Å². The quantitative estimate of drug-likeness (QED) is 0.359. The van der Waals surface area contributed by atoms with E-state index < -0.39 is 23.5 Å². The van der Waals surface area contributed by atoms with E-state index in [2.05, 4.69) is 16.4 Å². The van der Waals surface area contributed by atoms with Crippen LogP contribution in [0.4, 0.5) is 0 Å². The fourth-order valence-corrected chi connectivity index (χ4v) is 1.90. The molecule has 1 aromatic carbocycles. The molecular formula is C16H12O6. The van der Waals surface area contributed by atoms with Gasteiger partial charge in [-0.1, -0.05) is 30.8 Å². The average Bonchev–Trinajstić information content (AvgIpc) is 2.75. The number of hydrogen-bond acceptors (Lipinski definition) is 6. The van der Waals surface area contributed by atoms with Crippen LogP contribution in [0.15, 0.2) is 47.6 Å². The number of fused-ring (bicyclic) bond motifs is 1. The summed E-state index contributed by atoms with van der Waals surface area (Å²) in [5.74, 6) is -3.11. The second-order valence-corrected chi connectivity index (χ2v) is 4.73. The molecule has 1 aliphatic carbocycles. The van der Waals surface area contributed by atoms with Gasteiger partial charge in [-0.3, -0.25) is 9.59 Å². The van der Waals surface area contributed by atoms with Crippen LogP contribution in [-0.4, -0.2) is 23.5 Å². The SMILES string of the molecule is C=C(C)C(=O)OOC(=O)C(C)=C1C(=O)c2ccccc2C1=O. The fourth-order valence-electron chi connectivity index (χ4n) is 1.90. The van der Waals surface area contributed by atoms with Gasteiger partial charge in [0.05, 0.1) is 11.1 Å². The van der Waals surface area contributed by atoms with Gasteiger partial charge in [0.15, 0.2) is 11.6 Å². The van der Waals surface area contributed by atoms with Gasteiger partial charge in [0.1, 0.15) is 0 Å². The Hall–Kier alpha value is -3.02. The summed E-state index contributed by atoms with van der Waals surface area (Å²) in [6, 6.07) is 6.25. The first-order chi connectivity index (χ1) is 10.3. The third kappa shape index (κ3) is 2.58. The van der Waals surface area contributed by atoms with Gasteiger partial charge in [0, 0.05) is 16.7 Å². The Labute approximate surface area is 125 Å². The molecular weight excluding hydrogens is 288 g/mol. The summed E-state index contributed by atoms with van der Waals surface area (Å²) in [5.41, 5.74) is -0.000943. The first kappa shape index (κ1) is 15.4. The minimum absolute atomic E-state index is 0.0403. The summed E-state index contributed by atoms with van der Waals surface area (Å²) in [6.45, 7) is 5.96. The predicted octanol–water partition coefficient (Wildman–Crippen LogP) is 1.96. The van der Waals surface area contributed by atoms with E-state index in [9.17, 15) is 19.2 Å². The molecule has 0 saturated carbocycles. The maximum absolute atomic E-state index is 12.2. The van der Waals surface area contributed by atoms with Crippen LogP contribution in [-0.2, 0) is 19.4 Å². The highest BCUT2D eigenvalue weighted by Gasteiger charge is 2.36. The summed E-state index contributed by atoms with van der Waals surface area (Å²) in [7, 11) is 0. The van der Waals surface area contributed by atoms with Crippen molar-refractivity contribution in [2.45, 2.75) is 13.8 Å². The lowest BCUT2D eigenvalue weighted by atomic mass is 10.1. The van der Waals surface area contributed by atoms with Crippen LogP contribution < -0.4 is 0 Å². The number of ketones is 2. The van der Waals surface area contributed by atoms with E-state index in [0.29, 0.717) is 0 Å². The molecule has 0 unspecified atom stereocenters. The molecule has 2 rings (SSSR count). The fraction of sp³-hybridized carbons (Fsp3) is 0.125. The standard InChI is InChI=1S/C16H12O6/c1-8(2)15(19)21-22-16(20)9(3)12-13(17)10-6-4-5-7-11(10)14(12)18/h4-7H,1H2,2-3H3. The minimum atomic E-state index is -1.08. The van der Waals surface area contributed by atoms with E-state index in [0.717, 1.165) is 0 Å². The topological polar surface area (TPSA) is 86.7 Å². The molecule has 0 atom stereocenters. The molecule has 0 aromatic heterocycles. The summed E-state index contributed by atoms with van der Waals surface area (Å²) in [5, 5.41) is 0. The summed E-state index contributed by atoms with van der Waals surface area (Å²) < 4.78 is 0. The number of hydrogen-bond donors (Lipinski definition) is 0. The van der Waals surface area contributed by atoms with E-state index in [1.807, 2.05) is 0 Å². The van der Waals surface area contributed by atoms with Crippen LogP contribution in [0.1, 0.15) is 34.6 Å². The zero-order valence-corrected chi connectivity index (χ0v) is 12.0. The molecule has 0 saturated heterocycles. The molecule has 6 nitrogen and oxygen atoms in total. The van der Waals surface area contributed by atoms with E-state index >= 15 is 0 Å². The summed E-state index contributed by atoms with van der Waals surface area (Å²) >= 11 is 0. The molecule has 0 N–H and O–H groups in total. The van der Waals surface area contributed by atoms with E-state index in [-0.39, 0.29) is 27.8 Å². The van der Waals surface area contributed by atoms with Crippen LogP contribution in [0.3, 0.4) is 0 Å². The van der Waals surface area contributed by atoms with Crippen molar-refractivity contribution >= 4 is 23.5 Å². The molecule has 0 radical (unpaired) electrons. The molecule has 0 fully saturated rings. The maximum atomic E-state index is 12.2. The lowest BCUT2D eigenvalue weighted by Gasteiger charge is -2.04. The number of allylic oxidation sites excluding steroid dienone is 1. The zero-order chi connectivity index (χ0) is 16.4. The van der Waals surface area contributed by atoms with Crippen molar-refractivity contribution in [3.8, 4) is 0 Å². The third-order valence-corrected chi connectivity index (χ3v) is 3.09. The molecule has 22 heavy (non-hydrogen) atoms. The molecule has 0 aliphatic heterocycles. The van der Waals surface area contributed by atoms with Crippen LogP contribution in [0.2, 0.25) is 0 Å². The van der Waals surface area contributed by atoms with Crippen molar-refractivity contribution in [2.24, 2.45) is 0 Å². The van der Waals surface area contributed by atoms with Crippen LogP contribution in [0.25, 0.3) is 0 Å².